The number of nitrogens with one attached hydrogen (secondary N) is 1. The minimum Gasteiger partial charge on any atom is -0.478 e. The van der Waals surface area contributed by atoms with Crippen molar-refractivity contribution in [1.82, 2.24) is 14.9 Å². The fourth-order valence-electron chi connectivity index (χ4n) is 4.59. The fraction of sp³-hybridized carbons (Fsp3) is 0.650. The Labute approximate surface area is 159 Å². The minimum absolute atomic E-state index is 0.120. The highest BCUT2D eigenvalue weighted by molar-refractivity contribution is 5.91. The van der Waals surface area contributed by atoms with Crippen LogP contribution in [0.3, 0.4) is 0 Å². The van der Waals surface area contributed by atoms with Crippen molar-refractivity contribution in [2.45, 2.75) is 63.2 Å². The quantitative estimate of drug-likeness (QED) is 0.711. The zero-order chi connectivity index (χ0) is 18.9. The number of likely N-dealkylation sites (tertiary alicyclic amines) is 1. The molecule has 0 unspecified atom stereocenters. The first-order valence-electron chi connectivity index (χ1n) is 9.98. The van der Waals surface area contributed by atoms with Crippen molar-refractivity contribution >= 4 is 17.9 Å². The van der Waals surface area contributed by atoms with Crippen LogP contribution in [0.25, 0.3) is 6.08 Å². The third-order valence-electron chi connectivity index (χ3n) is 6.05. The smallest absolute Gasteiger partial charge is 0.331 e. The molecule has 0 spiro atoms. The van der Waals surface area contributed by atoms with Crippen LogP contribution in [0.4, 0.5) is 5.82 Å². The maximum atomic E-state index is 11.1. The second kappa shape index (κ2) is 7.56. The van der Waals surface area contributed by atoms with Crippen LogP contribution in [-0.2, 0) is 9.53 Å². The van der Waals surface area contributed by atoms with Crippen LogP contribution < -0.4 is 5.32 Å². The topological polar surface area (TPSA) is 87.6 Å². The van der Waals surface area contributed by atoms with Crippen molar-refractivity contribution < 1.29 is 14.6 Å². The number of carboxylic acids is 1. The highest BCUT2D eigenvalue weighted by Gasteiger charge is 2.47. The molecule has 3 aliphatic rings. The summed E-state index contributed by atoms with van der Waals surface area (Å²) in [5.41, 5.74) is 1.02. The Morgan fingerprint density at radius 2 is 2.19 bits per heavy atom. The Hall–Kier alpha value is -1.99. The van der Waals surface area contributed by atoms with Crippen molar-refractivity contribution in [1.29, 1.82) is 0 Å². The number of nitrogens with zero attached hydrogens (tertiary/aromatic N) is 3. The van der Waals surface area contributed by atoms with Crippen LogP contribution in [0.2, 0.25) is 0 Å². The Balaban J connectivity index is 1.30. The van der Waals surface area contributed by atoms with Crippen molar-refractivity contribution in [3.05, 3.63) is 23.7 Å². The van der Waals surface area contributed by atoms with Gasteiger partial charge in [0.2, 0.25) is 0 Å². The molecule has 146 valence electrons. The lowest BCUT2D eigenvalue weighted by molar-refractivity contribution is -0.132. The van der Waals surface area contributed by atoms with E-state index in [1.807, 2.05) is 6.92 Å². The van der Waals surface area contributed by atoms with Gasteiger partial charge in [0.1, 0.15) is 5.82 Å². The van der Waals surface area contributed by atoms with Crippen molar-refractivity contribution in [3.8, 4) is 0 Å². The van der Waals surface area contributed by atoms with E-state index in [9.17, 15) is 4.79 Å². The van der Waals surface area contributed by atoms with Crippen LogP contribution >= 0.6 is 0 Å². The maximum absolute atomic E-state index is 11.1. The van der Waals surface area contributed by atoms with E-state index in [4.69, 9.17) is 9.84 Å². The number of aliphatic carboxylic acids is 1. The lowest BCUT2D eigenvalue weighted by Crippen LogP contribution is -2.41. The molecule has 1 atom stereocenters. The summed E-state index contributed by atoms with van der Waals surface area (Å²) in [6.07, 6.45) is 11.8. The van der Waals surface area contributed by atoms with Gasteiger partial charge < -0.3 is 15.2 Å². The van der Waals surface area contributed by atoms with Gasteiger partial charge in [-0.25, -0.2) is 9.78 Å². The molecule has 1 aromatic heterocycles. The summed E-state index contributed by atoms with van der Waals surface area (Å²) in [5, 5.41) is 12.6. The number of ether oxygens (including phenoxy) is 1. The Morgan fingerprint density at radius 1 is 1.37 bits per heavy atom. The molecule has 3 aliphatic heterocycles. The third kappa shape index (κ3) is 4.14. The first-order valence-corrected chi connectivity index (χ1v) is 9.98. The van der Waals surface area contributed by atoms with Gasteiger partial charge in [0, 0.05) is 31.2 Å². The van der Waals surface area contributed by atoms with E-state index in [1.165, 1.54) is 25.7 Å². The fourth-order valence-corrected chi connectivity index (χ4v) is 4.59. The Kier molecular flexibility index (Phi) is 5.14. The molecule has 4 heterocycles. The van der Waals surface area contributed by atoms with Gasteiger partial charge in [0.05, 0.1) is 29.8 Å². The van der Waals surface area contributed by atoms with Crippen molar-refractivity contribution in [2.75, 3.05) is 25.0 Å². The van der Waals surface area contributed by atoms with E-state index in [-0.39, 0.29) is 5.60 Å². The van der Waals surface area contributed by atoms with Crippen molar-refractivity contribution in [2.24, 2.45) is 0 Å². The van der Waals surface area contributed by atoms with Crippen LogP contribution in [0.1, 0.15) is 51.1 Å². The number of hydrogen-bond acceptors (Lipinski definition) is 6. The summed E-state index contributed by atoms with van der Waals surface area (Å²) in [7, 11) is 0. The Bertz CT molecular complexity index is 710. The summed E-state index contributed by atoms with van der Waals surface area (Å²) < 4.78 is 6.21. The van der Waals surface area contributed by atoms with Crippen molar-refractivity contribution in [3.63, 3.8) is 0 Å². The monoisotopic (exact) mass is 372 g/mol. The maximum Gasteiger partial charge on any atom is 0.331 e. The molecule has 2 bridgehead atoms. The molecule has 7 nitrogen and oxygen atoms in total. The molecule has 0 radical (unpaired) electrons. The van der Waals surface area contributed by atoms with E-state index in [2.05, 4.69) is 20.2 Å². The van der Waals surface area contributed by atoms with Crippen LogP contribution in [0.5, 0.6) is 0 Å². The van der Waals surface area contributed by atoms with Gasteiger partial charge in [0.25, 0.3) is 0 Å². The number of fused-ring (bicyclic) bond motifs is 2. The predicted molar refractivity (Wildman–Crippen MR) is 102 cm³/mol. The molecule has 2 N–H and O–H groups in total. The summed E-state index contributed by atoms with van der Waals surface area (Å²) in [5.74, 6) is -0.171. The normalized spacial score (nSPS) is 30.8. The predicted octanol–water partition coefficient (Wildman–Crippen LogP) is 2.55. The highest BCUT2D eigenvalue weighted by atomic mass is 16.5. The van der Waals surface area contributed by atoms with Crippen LogP contribution in [0.15, 0.2) is 18.0 Å². The van der Waals surface area contributed by atoms with Gasteiger partial charge in [-0.3, -0.25) is 9.88 Å². The zero-order valence-corrected chi connectivity index (χ0v) is 15.9. The van der Waals surface area contributed by atoms with Gasteiger partial charge in [-0.05, 0) is 44.6 Å². The van der Waals surface area contributed by atoms with E-state index in [0.717, 1.165) is 31.9 Å². The van der Waals surface area contributed by atoms with Gasteiger partial charge in [0.15, 0.2) is 0 Å². The zero-order valence-electron chi connectivity index (χ0n) is 15.9. The summed E-state index contributed by atoms with van der Waals surface area (Å²) in [6.45, 7) is 4.95. The molecule has 3 fully saturated rings. The van der Waals surface area contributed by atoms with E-state index in [1.54, 1.807) is 18.5 Å². The number of carboxylic acid groups (broad SMARTS) is 1. The van der Waals surface area contributed by atoms with E-state index in [0.29, 0.717) is 29.8 Å². The van der Waals surface area contributed by atoms with Gasteiger partial charge in [-0.2, -0.15) is 0 Å². The standard InChI is InChI=1S/C20H28N4O3/c1-2-14(19(25)26)9-16-10-22-18(11-21-16)23-15-5-8-24(12-15)13-20-6-3-17(27-20)4-7-20/h9-11,15,17H,2-8,12-13H2,1H3,(H,22,23)(H,25,26)/b14-9+/t15-,17?,20?/m1/s1. The first kappa shape index (κ1) is 18.4. The molecule has 0 amide bonds. The average Bonchev–Trinajstić information content (AvgIpc) is 3.37. The molecule has 0 saturated carbocycles. The van der Waals surface area contributed by atoms with Gasteiger partial charge >= 0.3 is 5.97 Å². The molecular formula is C20H28N4O3. The summed E-state index contributed by atoms with van der Waals surface area (Å²) >= 11 is 0. The number of carbonyl (C=O) groups is 1. The van der Waals surface area contributed by atoms with Gasteiger partial charge in [-0.1, -0.05) is 6.92 Å². The molecule has 27 heavy (non-hydrogen) atoms. The molecule has 3 saturated heterocycles. The molecule has 0 aromatic carbocycles. The molecule has 0 aliphatic carbocycles. The van der Waals surface area contributed by atoms with E-state index >= 15 is 0 Å². The lowest BCUT2D eigenvalue weighted by Gasteiger charge is -2.30. The summed E-state index contributed by atoms with van der Waals surface area (Å²) in [6, 6.07) is 0.362. The Morgan fingerprint density at radius 3 is 2.78 bits per heavy atom. The second-order valence-electron chi connectivity index (χ2n) is 8.02. The summed E-state index contributed by atoms with van der Waals surface area (Å²) in [4.78, 5) is 22.3. The highest BCUT2D eigenvalue weighted by Crippen LogP contribution is 2.44. The van der Waals surface area contributed by atoms with Crippen LogP contribution in [-0.4, -0.2) is 63.3 Å². The number of rotatable bonds is 7. The number of aromatic nitrogens is 2. The SMILES string of the molecule is CC/C(=C\c1cnc(N[C@@H]2CCN(CC34CCC(CC3)O4)C2)cn1)C(=O)O. The average molecular weight is 372 g/mol. The third-order valence-corrected chi connectivity index (χ3v) is 6.05. The largest absolute Gasteiger partial charge is 0.478 e. The number of hydrogen-bond donors (Lipinski definition) is 2. The number of anilines is 1. The molecule has 7 heteroatoms. The van der Waals surface area contributed by atoms with Crippen LogP contribution in [0, 0.1) is 0 Å². The molecule has 4 rings (SSSR count). The second-order valence-corrected chi connectivity index (χ2v) is 8.02. The molecular weight excluding hydrogens is 344 g/mol. The van der Waals surface area contributed by atoms with Gasteiger partial charge in [-0.15, -0.1) is 0 Å². The lowest BCUT2D eigenvalue weighted by atomic mass is 9.88. The first-order chi connectivity index (χ1) is 13.0. The molecule has 1 aromatic rings. The minimum atomic E-state index is -0.910. The van der Waals surface area contributed by atoms with E-state index < -0.39 is 5.97 Å².